The fourth-order valence-corrected chi connectivity index (χ4v) is 10.2. The first-order valence-electron chi connectivity index (χ1n) is 20.0. The molecule has 0 saturated carbocycles. The van der Waals surface area contributed by atoms with Crippen LogP contribution < -0.4 is 0 Å². The standard InChI is InChI=1S/C39H83O3P/c1-5-7-9-11-13-15-17-19-21-23-25-27-29-31-33-35-37-43(40,41,42)39(38(3)4)36-34-32-30-28-26-24-22-20-18-16-14-12-10-8-6-2/h38-42H,5-37H2,1-4H3. The van der Waals surface area contributed by atoms with Gasteiger partial charge in [-0.15, -0.1) is 0 Å². The van der Waals surface area contributed by atoms with Gasteiger partial charge in [0.1, 0.15) is 0 Å². The zero-order valence-electron chi connectivity index (χ0n) is 30.3. The van der Waals surface area contributed by atoms with Crippen molar-refractivity contribution in [2.75, 3.05) is 6.16 Å². The van der Waals surface area contributed by atoms with Gasteiger partial charge in [0.15, 0.2) is 0 Å². The first-order chi connectivity index (χ1) is 20.7. The maximum atomic E-state index is 11.1. The van der Waals surface area contributed by atoms with E-state index < -0.39 is 7.28 Å². The van der Waals surface area contributed by atoms with Gasteiger partial charge in [-0.05, 0) is 0 Å². The van der Waals surface area contributed by atoms with Crippen LogP contribution in [0.3, 0.4) is 0 Å². The molecule has 0 saturated heterocycles. The molecule has 0 aliphatic heterocycles. The van der Waals surface area contributed by atoms with E-state index in [1.165, 1.54) is 167 Å². The number of unbranched alkanes of at least 4 members (excludes halogenated alkanes) is 29. The van der Waals surface area contributed by atoms with Crippen molar-refractivity contribution in [2.45, 2.75) is 239 Å². The minimum atomic E-state index is -4.60. The van der Waals surface area contributed by atoms with Crippen LogP contribution in [0, 0.1) is 5.92 Å². The van der Waals surface area contributed by atoms with Gasteiger partial charge in [-0.3, -0.25) is 0 Å². The third kappa shape index (κ3) is 28.3. The molecule has 0 heterocycles. The van der Waals surface area contributed by atoms with Gasteiger partial charge in [0, 0.05) is 0 Å². The van der Waals surface area contributed by atoms with E-state index in [0.29, 0.717) is 0 Å². The molecule has 0 spiro atoms. The average Bonchev–Trinajstić information content (AvgIpc) is 2.96. The molecule has 0 fully saturated rings. The molecule has 0 amide bonds. The van der Waals surface area contributed by atoms with Crippen LogP contribution in [0.5, 0.6) is 0 Å². The molecule has 3 N–H and O–H groups in total. The Balaban J connectivity index is 3.79. The van der Waals surface area contributed by atoms with Crippen LogP contribution in [0.4, 0.5) is 0 Å². The second-order valence-corrected chi connectivity index (χ2v) is 18.4. The van der Waals surface area contributed by atoms with Crippen LogP contribution in [-0.2, 0) is 0 Å². The van der Waals surface area contributed by atoms with E-state index in [2.05, 4.69) is 13.8 Å². The van der Waals surface area contributed by atoms with Crippen molar-refractivity contribution in [2.24, 2.45) is 5.92 Å². The Kier molecular flexibility index (Phi) is 29.9. The summed E-state index contributed by atoms with van der Waals surface area (Å²) in [5.74, 6) is 0.102. The molecule has 0 radical (unpaired) electrons. The van der Waals surface area contributed by atoms with Gasteiger partial charge in [-0.25, -0.2) is 0 Å². The van der Waals surface area contributed by atoms with Gasteiger partial charge < -0.3 is 0 Å². The van der Waals surface area contributed by atoms with Crippen molar-refractivity contribution in [1.82, 2.24) is 0 Å². The zero-order chi connectivity index (χ0) is 31.9. The van der Waals surface area contributed by atoms with Crippen molar-refractivity contribution in [3.8, 4) is 0 Å². The van der Waals surface area contributed by atoms with E-state index >= 15 is 0 Å². The average molecular weight is 631 g/mol. The molecule has 0 aliphatic rings. The van der Waals surface area contributed by atoms with E-state index in [0.717, 1.165) is 38.5 Å². The van der Waals surface area contributed by atoms with Gasteiger partial charge in [0.05, 0.1) is 0 Å². The van der Waals surface area contributed by atoms with E-state index in [1.54, 1.807) is 0 Å². The Labute approximate surface area is 272 Å². The summed E-state index contributed by atoms with van der Waals surface area (Å²) in [6.45, 7) is 8.66. The van der Waals surface area contributed by atoms with Crippen molar-refractivity contribution < 1.29 is 14.7 Å². The molecule has 0 aromatic carbocycles. The van der Waals surface area contributed by atoms with Gasteiger partial charge in [0.25, 0.3) is 0 Å². The topological polar surface area (TPSA) is 60.7 Å². The first kappa shape index (κ1) is 43.3. The number of rotatable bonds is 35. The van der Waals surface area contributed by atoms with Crippen LogP contribution in [0.15, 0.2) is 0 Å². The normalized spacial score (nSPS) is 13.9. The predicted molar refractivity (Wildman–Crippen MR) is 196 cm³/mol. The molecular formula is C39H83O3P. The van der Waals surface area contributed by atoms with Crippen LogP contribution in [0.1, 0.15) is 233 Å². The summed E-state index contributed by atoms with van der Waals surface area (Å²) in [6, 6.07) is 0. The van der Waals surface area contributed by atoms with Crippen LogP contribution in [0.2, 0.25) is 0 Å². The Morgan fingerprint density at radius 1 is 0.349 bits per heavy atom. The molecule has 1 atom stereocenters. The molecule has 0 aromatic rings. The van der Waals surface area contributed by atoms with Gasteiger partial charge in [-0.2, -0.15) is 0 Å². The van der Waals surface area contributed by atoms with Crippen molar-refractivity contribution in [3.05, 3.63) is 0 Å². The number of hydrogen-bond donors (Lipinski definition) is 3. The summed E-state index contributed by atoms with van der Waals surface area (Å²) >= 11 is 0. The second-order valence-electron chi connectivity index (χ2n) is 14.8. The Morgan fingerprint density at radius 3 is 0.837 bits per heavy atom. The Hall–Kier alpha value is 0.310. The molecule has 43 heavy (non-hydrogen) atoms. The minimum absolute atomic E-state index is 0.102. The van der Waals surface area contributed by atoms with Crippen molar-refractivity contribution >= 4 is 7.28 Å². The molecule has 0 aromatic heterocycles. The van der Waals surface area contributed by atoms with E-state index in [9.17, 15) is 14.7 Å². The Bertz CT molecular complexity index is 556. The summed E-state index contributed by atoms with van der Waals surface area (Å²) in [6.07, 6.45) is 41.8. The summed E-state index contributed by atoms with van der Waals surface area (Å²) < 4.78 is 0. The van der Waals surface area contributed by atoms with Gasteiger partial charge in [-0.1, -0.05) is 78.1 Å². The fraction of sp³-hybridized carbons (Fsp3) is 1.00. The molecule has 262 valence electrons. The van der Waals surface area contributed by atoms with Crippen LogP contribution in [0.25, 0.3) is 0 Å². The van der Waals surface area contributed by atoms with E-state index in [1.807, 2.05) is 13.8 Å². The zero-order valence-corrected chi connectivity index (χ0v) is 31.2. The van der Waals surface area contributed by atoms with Crippen LogP contribution in [-0.4, -0.2) is 26.5 Å². The molecule has 3 nitrogen and oxygen atoms in total. The number of hydrogen-bond acceptors (Lipinski definition) is 3. The summed E-state index contributed by atoms with van der Waals surface area (Å²) in [4.78, 5) is 33.2. The van der Waals surface area contributed by atoms with Crippen molar-refractivity contribution in [1.29, 1.82) is 0 Å². The van der Waals surface area contributed by atoms with E-state index in [-0.39, 0.29) is 17.7 Å². The van der Waals surface area contributed by atoms with E-state index in [4.69, 9.17) is 0 Å². The summed E-state index contributed by atoms with van der Waals surface area (Å²) in [7, 11) is -4.60. The molecule has 4 heteroatoms. The predicted octanol–water partition coefficient (Wildman–Crippen LogP) is 13.8. The molecule has 0 rings (SSSR count). The third-order valence-corrected chi connectivity index (χ3v) is 13.4. The summed E-state index contributed by atoms with van der Waals surface area (Å²) in [5, 5.41) is 0. The fourth-order valence-electron chi connectivity index (χ4n) is 7.06. The molecule has 1 unspecified atom stereocenters. The maximum absolute atomic E-state index is 11.1. The van der Waals surface area contributed by atoms with Gasteiger partial charge in [0.2, 0.25) is 0 Å². The van der Waals surface area contributed by atoms with Crippen molar-refractivity contribution in [3.63, 3.8) is 0 Å². The SMILES string of the molecule is CCCCCCCCCCCCCCCCCCP(O)(O)(O)C(CCCCCCCCCCCCCCCCC)C(C)C. The Morgan fingerprint density at radius 2 is 0.581 bits per heavy atom. The molecular weight excluding hydrogens is 547 g/mol. The third-order valence-electron chi connectivity index (χ3n) is 9.99. The van der Waals surface area contributed by atoms with Gasteiger partial charge >= 0.3 is 195 Å². The first-order valence-corrected chi connectivity index (χ1v) is 22.3. The molecule has 0 bridgehead atoms. The summed E-state index contributed by atoms with van der Waals surface area (Å²) in [5.41, 5.74) is -0.357. The van der Waals surface area contributed by atoms with Crippen LogP contribution >= 0.6 is 7.28 Å². The quantitative estimate of drug-likeness (QED) is 0.0482. The second kappa shape index (κ2) is 29.7. The molecule has 0 aliphatic carbocycles. The monoisotopic (exact) mass is 631 g/mol.